The van der Waals surface area contributed by atoms with Gasteiger partial charge < -0.3 is 0 Å². The summed E-state index contributed by atoms with van der Waals surface area (Å²) >= 11 is 1.85. The molecule has 66 valence electrons. The minimum atomic E-state index is 1.03. The quantitative estimate of drug-likeness (QED) is 0.711. The van der Waals surface area contributed by atoms with E-state index in [1.165, 1.54) is 11.3 Å². The summed E-state index contributed by atoms with van der Waals surface area (Å²) in [7, 11) is 0. The molecule has 0 aliphatic rings. The van der Waals surface area contributed by atoms with Crippen molar-refractivity contribution in [1.82, 2.24) is 4.98 Å². The number of nitrogens with zero attached hydrogens (tertiary/aromatic N) is 1. The molecule has 1 heterocycles. The first-order chi connectivity index (χ1) is 5.76. The van der Waals surface area contributed by atoms with Gasteiger partial charge in [0.25, 0.3) is 0 Å². The topological polar surface area (TPSA) is 12.9 Å². The molecule has 0 saturated heterocycles. The number of hydrogen-bond acceptors (Lipinski definition) is 2. The molecule has 12 heavy (non-hydrogen) atoms. The van der Waals surface area contributed by atoms with Gasteiger partial charge in [-0.3, -0.25) is 4.98 Å². The monoisotopic (exact) mass is 181 g/mol. The summed E-state index contributed by atoms with van der Waals surface area (Å²) in [4.78, 5) is 4.43. The number of rotatable bonds is 3. The summed E-state index contributed by atoms with van der Waals surface area (Å²) in [5.74, 6) is 1.09. The van der Waals surface area contributed by atoms with Crippen LogP contribution in [-0.2, 0) is 12.2 Å². The van der Waals surface area contributed by atoms with Gasteiger partial charge in [-0.25, -0.2) is 0 Å². The fraction of sp³-hybridized carbons (Fsp3) is 0.500. The van der Waals surface area contributed by atoms with E-state index in [1.807, 2.05) is 11.8 Å². The van der Waals surface area contributed by atoms with Gasteiger partial charge in [0.2, 0.25) is 0 Å². The van der Waals surface area contributed by atoms with Gasteiger partial charge in [0.15, 0.2) is 0 Å². The lowest BCUT2D eigenvalue weighted by molar-refractivity contribution is 0.995. The van der Waals surface area contributed by atoms with Crippen LogP contribution in [0, 0.1) is 6.92 Å². The predicted molar refractivity (Wildman–Crippen MR) is 55.6 cm³/mol. The molecule has 0 aliphatic heterocycles. The van der Waals surface area contributed by atoms with Crippen molar-refractivity contribution in [1.29, 1.82) is 0 Å². The highest BCUT2D eigenvalue weighted by Crippen LogP contribution is 2.11. The molecular formula is C10H15NS. The van der Waals surface area contributed by atoms with Gasteiger partial charge in [-0.05, 0) is 37.3 Å². The van der Waals surface area contributed by atoms with Crippen LogP contribution in [0.25, 0.3) is 0 Å². The van der Waals surface area contributed by atoms with E-state index >= 15 is 0 Å². The molecule has 1 nitrogen and oxygen atoms in total. The van der Waals surface area contributed by atoms with E-state index in [0.29, 0.717) is 0 Å². The third-order valence-corrected chi connectivity index (χ3v) is 2.36. The van der Waals surface area contributed by atoms with Crippen LogP contribution >= 0.6 is 11.8 Å². The third kappa shape index (κ3) is 2.52. The van der Waals surface area contributed by atoms with Crippen LogP contribution in [0.1, 0.15) is 23.9 Å². The number of thioether (sulfide) groups is 1. The van der Waals surface area contributed by atoms with Gasteiger partial charge in [0.1, 0.15) is 0 Å². The molecule has 0 unspecified atom stereocenters. The van der Waals surface area contributed by atoms with Crippen LogP contribution in [0.15, 0.2) is 12.1 Å². The Hall–Kier alpha value is -0.500. The first-order valence-corrected chi connectivity index (χ1v) is 5.61. The molecule has 1 aromatic rings. The zero-order valence-electron chi connectivity index (χ0n) is 7.92. The summed E-state index contributed by atoms with van der Waals surface area (Å²) in [6.07, 6.45) is 3.16. The molecule has 1 aromatic heterocycles. The van der Waals surface area contributed by atoms with Crippen LogP contribution in [0.3, 0.4) is 0 Å². The molecule has 0 atom stereocenters. The maximum atomic E-state index is 4.43. The molecule has 0 aliphatic carbocycles. The molecule has 0 radical (unpaired) electrons. The van der Waals surface area contributed by atoms with Crippen LogP contribution in [0.5, 0.6) is 0 Å². The average Bonchev–Trinajstić information content (AvgIpc) is 2.04. The van der Waals surface area contributed by atoms with E-state index < -0.39 is 0 Å². The SMILES string of the molecule is CCc1cc(CSC)cc(C)n1. The molecular weight excluding hydrogens is 166 g/mol. The van der Waals surface area contributed by atoms with Crippen LogP contribution < -0.4 is 0 Å². The minimum Gasteiger partial charge on any atom is -0.258 e. The summed E-state index contributed by atoms with van der Waals surface area (Å²) in [5.41, 5.74) is 3.74. The van der Waals surface area contributed by atoms with E-state index in [2.05, 4.69) is 37.2 Å². The van der Waals surface area contributed by atoms with Gasteiger partial charge >= 0.3 is 0 Å². The van der Waals surface area contributed by atoms with E-state index in [9.17, 15) is 0 Å². The molecule has 0 spiro atoms. The van der Waals surface area contributed by atoms with Gasteiger partial charge in [-0.15, -0.1) is 0 Å². The molecule has 0 aromatic carbocycles. The second kappa shape index (κ2) is 4.51. The van der Waals surface area contributed by atoms with E-state index in [-0.39, 0.29) is 0 Å². The fourth-order valence-corrected chi connectivity index (χ4v) is 1.75. The lowest BCUT2D eigenvalue weighted by Gasteiger charge is -2.03. The minimum absolute atomic E-state index is 1.03. The number of aromatic nitrogens is 1. The van der Waals surface area contributed by atoms with Gasteiger partial charge in [0.05, 0.1) is 0 Å². The summed E-state index contributed by atoms with van der Waals surface area (Å²) in [6.45, 7) is 4.20. The average molecular weight is 181 g/mol. The lowest BCUT2D eigenvalue weighted by Crippen LogP contribution is -1.93. The zero-order valence-corrected chi connectivity index (χ0v) is 8.74. The smallest absolute Gasteiger partial charge is 0.0407 e. The Bertz CT molecular complexity index is 258. The second-order valence-corrected chi connectivity index (χ2v) is 3.76. The molecule has 0 fully saturated rings. The predicted octanol–water partition coefficient (Wildman–Crippen LogP) is 2.82. The summed E-state index contributed by atoms with van der Waals surface area (Å²) < 4.78 is 0. The second-order valence-electron chi connectivity index (χ2n) is 2.89. The Morgan fingerprint density at radius 2 is 2.17 bits per heavy atom. The maximum absolute atomic E-state index is 4.43. The van der Waals surface area contributed by atoms with Crippen molar-refractivity contribution in [2.24, 2.45) is 0 Å². The molecule has 2 heteroatoms. The summed E-state index contributed by atoms with van der Waals surface area (Å²) in [5, 5.41) is 0. The van der Waals surface area contributed by atoms with Crippen LogP contribution in [0.4, 0.5) is 0 Å². The largest absolute Gasteiger partial charge is 0.258 e. The Kier molecular flexibility index (Phi) is 3.60. The van der Waals surface area contributed by atoms with E-state index in [0.717, 1.165) is 17.9 Å². The fourth-order valence-electron chi connectivity index (χ4n) is 1.25. The van der Waals surface area contributed by atoms with Gasteiger partial charge in [0, 0.05) is 17.1 Å². The van der Waals surface area contributed by atoms with Crippen molar-refractivity contribution < 1.29 is 0 Å². The normalized spacial score (nSPS) is 10.2. The van der Waals surface area contributed by atoms with Crippen LogP contribution in [0.2, 0.25) is 0 Å². The third-order valence-electron chi connectivity index (χ3n) is 1.74. The van der Waals surface area contributed by atoms with Crippen molar-refractivity contribution in [3.05, 3.63) is 29.1 Å². The maximum Gasteiger partial charge on any atom is 0.0407 e. The van der Waals surface area contributed by atoms with Crippen molar-refractivity contribution in [3.63, 3.8) is 0 Å². The highest BCUT2D eigenvalue weighted by atomic mass is 32.2. The first-order valence-electron chi connectivity index (χ1n) is 4.21. The first kappa shape index (κ1) is 9.59. The molecule has 0 amide bonds. The van der Waals surface area contributed by atoms with Crippen molar-refractivity contribution in [2.45, 2.75) is 26.0 Å². The molecule has 1 rings (SSSR count). The van der Waals surface area contributed by atoms with Crippen molar-refractivity contribution >= 4 is 11.8 Å². The van der Waals surface area contributed by atoms with E-state index in [4.69, 9.17) is 0 Å². The number of hydrogen-bond donors (Lipinski definition) is 0. The van der Waals surface area contributed by atoms with Crippen molar-refractivity contribution in [2.75, 3.05) is 6.26 Å². The van der Waals surface area contributed by atoms with E-state index in [1.54, 1.807) is 0 Å². The highest BCUT2D eigenvalue weighted by Gasteiger charge is 1.97. The molecule has 0 bridgehead atoms. The standard InChI is InChI=1S/C10H15NS/c1-4-10-6-9(7-12-3)5-8(2)11-10/h5-6H,4,7H2,1-3H3. The Morgan fingerprint density at radius 1 is 1.42 bits per heavy atom. The summed E-state index contributed by atoms with van der Waals surface area (Å²) in [6, 6.07) is 4.36. The Labute approximate surface area is 78.6 Å². The zero-order chi connectivity index (χ0) is 8.97. The molecule has 0 N–H and O–H groups in total. The van der Waals surface area contributed by atoms with Gasteiger partial charge in [-0.1, -0.05) is 6.92 Å². The molecule has 0 saturated carbocycles. The lowest BCUT2D eigenvalue weighted by atomic mass is 10.2. The Morgan fingerprint density at radius 3 is 2.75 bits per heavy atom. The number of aryl methyl sites for hydroxylation is 2. The number of pyridine rings is 1. The Balaban J connectivity index is 2.90. The highest BCUT2D eigenvalue weighted by molar-refractivity contribution is 7.97. The van der Waals surface area contributed by atoms with Gasteiger partial charge in [-0.2, -0.15) is 11.8 Å². The van der Waals surface area contributed by atoms with Crippen LogP contribution in [-0.4, -0.2) is 11.2 Å². The van der Waals surface area contributed by atoms with Crippen molar-refractivity contribution in [3.8, 4) is 0 Å².